The van der Waals surface area contributed by atoms with Crippen LogP contribution in [0.5, 0.6) is 0 Å². The number of aryl methyl sites for hydroxylation is 2. The summed E-state index contributed by atoms with van der Waals surface area (Å²) < 4.78 is 13.8. The molecule has 27 heavy (non-hydrogen) atoms. The first kappa shape index (κ1) is 21.1. The summed E-state index contributed by atoms with van der Waals surface area (Å²) in [5, 5.41) is 12.4. The highest BCUT2D eigenvalue weighted by molar-refractivity contribution is 5.77. The van der Waals surface area contributed by atoms with Gasteiger partial charge in [0.25, 0.3) is 0 Å². The van der Waals surface area contributed by atoms with E-state index < -0.39 is 0 Å². The smallest absolute Gasteiger partial charge is 0.246 e. The predicted octanol–water partition coefficient (Wildman–Crippen LogP) is 4.07. The molecule has 0 spiro atoms. The fourth-order valence-corrected chi connectivity index (χ4v) is 3.32. The van der Waals surface area contributed by atoms with Gasteiger partial charge in [-0.3, -0.25) is 10.0 Å². The van der Waals surface area contributed by atoms with Crippen molar-refractivity contribution >= 4 is 5.91 Å². The third-order valence-corrected chi connectivity index (χ3v) is 4.79. The Morgan fingerprint density at radius 3 is 2.37 bits per heavy atom. The third-order valence-electron chi connectivity index (χ3n) is 4.79. The molecule has 0 fully saturated rings. The molecule has 0 bridgehead atoms. The minimum atomic E-state index is -0.383. The molecule has 5 heteroatoms. The Kier molecular flexibility index (Phi) is 8.43. The van der Waals surface area contributed by atoms with Gasteiger partial charge in [0.1, 0.15) is 5.82 Å². The number of amides is 1. The summed E-state index contributed by atoms with van der Waals surface area (Å²) in [7, 11) is 0. The van der Waals surface area contributed by atoms with Crippen LogP contribution >= 0.6 is 0 Å². The molecule has 0 aliphatic carbocycles. The van der Waals surface area contributed by atoms with Gasteiger partial charge in [0, 0.05) is 12.5 Å². The molecule has 0 aromatic heterocycles. The van der Waals surface area contributed by atoms with E-state index >= 15 is 0 Å². The van der Waals surface area contributed by atoms with Gasteiger partial charge in [0.2, 0.25) is 5.91 Å². The zero-order valence-electron chi connectivity index (χ0n) is 16.1. The van der Waals surface area contributed by atoms with Gasteiger partial charge >= 0.3 is 0 Å². The van der Waals surface area contributed by atoms with Crippen molar-refractivity contribution in [3.63, 3.8) is 0 Å². The maximum atomic E-state index is 13.8. The number of hydroxylamine groups is 1. The van der Waals surface area contributed by atoms with Gasteiger partial charge in [-0.2, -0.15) is 0 Å². The Bertz CT molecular complexity index is 711. The molecule has 1 atom stereocenters. The SMILES string of the molecule is Cc1cc(C[C@H](CCCCNCc2ccccc2)C(=O)NO)cc(C)c1F. The van der Waals surface area contributed by atoms with Crippen LogP contribution in [-0.2, 0) is 17.8 Å². The summed E-state index contributed by atoms with van der Waals surface area (Å²) in [6, 6.07) is 13.8. The molecule has 146 valence electrons. The van der Waals surface area contributed by atoms with E-state index in [4.69, 9.17) is 5.21 Å². The van der Waals surface area contributed by atoms with Crippen LogP contribution in [0, 0.1) is 25.6 Å². The molecule has 0 saturated heterocycles. The van der Waals surface area contributed by atoms with Gasteiger partial charge < -0.3 is 5.32 Å². The second-order valence-electron chi connectivity index (χ2n) is 7.08. The maximum Gasteiger partial charge on any atom is 0.246 e. The molecular weight excluding hydrogens is 343 g/mol. The van der Waals surface area contributed by atoms with E-state index in [2.05, 4.69) is 17.4 Å². The molecule has 0 unspecified atom stereocenters. The van der Waals surface area contributed by atoms with Crippen molar-refractivity contribution in [2.45, 2.75) is 46.1 Å². The number of benzene rings is 2. The molecule has 0 aliphatic heterocycles. The summed E-state index contributed by atoms with van der Waals surface area (Å²) in [5.41, 5.74) is 5.10. The van der Waals surface area contributed by atoms with Gasteiger partial charge in [0.15, 0.2) is 0 Å². The first-order chi connectivity index (χ1) is 13.0. The Hall–Kier alpha value is -2.24. The highest BCUT2D eigenvalue weighted by Crippen LogP contribution is 2.20. The van der Waals surface area contributed by atoms with Gasteiger partial charge in [-0.1, -0.05) is 48.9 Å². The maximum absolute atomic E-state index is 13.8. The average molecular weight is 372 g/mol. The first-order valence-corrected chi connectivity index (χ1v) is 9.45. The van der Waals surface area contributed by atoms with Crippen LogP contribution in [0.15, 0.2) is 42.5 Å². The molecule has 4 nitrogen and oxygen atoms in total. The van der Waals surface area contributed by atoms with Crippen molar-refractivity contribution in [2.24, 2.45) is 5.92 Å². The summed E-state index contributed by atoms with van der Waals surface area (Å²) in [4.78, 5) is 12.0. The molecule has 2 aromatic rings. The standard InChI is InChI=1S/C22H29FN2O2/c1-16-12-19(13-17(2)21(16)23)14-20(22(26)25-27)10-6-7-11-24-15-18-8-4-3-5-9-18/h3-5,8-9,12-13,20,24,27H,6-7,10-11,14-15H2,1-2H3,(H,25,26)/t20-/m0/s1. The molecule has 1 amide bonds. The van der Waals surface area contributed by atoms with Crippen LogP contribution < -0.4 is 10.8 Å². The second-order valence-corrected chi connectivity index (χ2v) is 7.08. The van der Waals surface area contributed by atoms with Crippen LogP contribution in [-0.4, -0.2) is 17.7 Å². The normalized spacial score (nSPS) is 12.0. The van der Waals surface area contributed by atoms with Gasteiger partial charge in [-0.05, 0) is 61.9 Å². The van der Waals surface area contributed by atoms with Crippen molar-refractivity contribution in [1.29, 1.82) is 0 Å². The van der Waals surface area contributed by atoms with E-state index in [9.17, 15) is 9.18 Å². The van der Waals surface area contributed by atoms with E-state index in [0.717, 1.165) is 31.5 Å². The minimum Gasteiger partial charge on any atom is -0.313 e. The quantitative estimate of drug-likeness (QED) is 0.335. The number of halogens is 1. The van der Waals surface area contributed by atoms with Crippen molar-refractivity contribution in [2.75, 3.05) is 6.54 Å². The molecule has 2 aromatic carbocycles. The summed E-state index contributed by atoms with van der Waals surface area (Å²) in [6.45, 7) is 5.16. The second kappa shape index (κ2) is 10.8. The third kappa shape index (κ3) is 6.77. The number of carbonyl (C=O) groups is 1. The highest BCUT2D eigenvalue weighted by Gasteiger charge is 2.19. The van der Waals surface area contributed by atoms with Gasteiger partial charge in [-0.15, -0.1) is 0 Å². The molecule has 0 saturated carbocycles. The Morgan fingerprint density at radius 2 is 1.74 bits per heavy atom. The zero-order chi connectivity index (χ0) is 19.6. The van der Waals surface area contributed by atoms with Crippen molar-refractivity contribution in [1.82, 2.24) is 10.8 Å². The number of hydrogen-bond donors (Lipinski definition) is 3. The van der Waals surface area contributed by atoms with Crippen molar-refractivity contribution in [3.8, 4) is 0 Å². The van der Waals surface area contributed by atoms with Crippen LogP contribution in [0.3, 0.4) is 0 Å². The van der Waals surface area contributed by atoms with Gasteiger partial charge in [0.05, 0.1) is 0 Å². The fourth-order valence-electron chi connectivity index (χ4n) is 3.32. The molecule has 2 rings (SSSR count). The topological polar surface area (TPSA) is 61.4 Å². The van der Waals surface area contributed by atoms with Crippen LogP contribution in [0.4, 0.5) is 4.39 Å². The fraction of sp³-hybridized carbons (Fsp3) is 0.409. The Labute approximate surface area is 160 Å². The van der Waals surface area contributed by atoms with E-state index in [1.165, 1.54) is 5.56 Å². The van der Waals surface area contributed by atoms with Crippen LogP contribution in [0.25, 0.3) is 0 Å². The molecule has 0 radical (unpaired) electrons. The highest BCUT2D eigenvalue weighted by atomic mass is 19.1. The van der Waals surface area contributed by atoms with E-state index in [1.807, 2.05) is 18.2 Å². The van der Waals surface area contributed by atoms with E-state index in [-0.39, 0.29) is 17.6 Å². The molecule has 0 aliphatic rings. The number of carbonyl (C=O) groups excluding carboxylic acids is 1. The largest absolute Gasteiger partial charge is 0.313 e. The van der Waals surface area contributed by atoms with Crippen molar-refractivity contribution < 1.29 is 14.4 Å². The minimum absolute atomic E-state index is 0.202. The van der Waals surface area contributed by atoms with Crippen LogP contribution in [0.1, 0.15) is 41.5 Å². The predicted molar refractivity (Wildman–Crippen MR) is 105 cm³/mol. The average Bonchev–Trinajstić information content (AvgIpc) is 2.67. The molecule has 0 heterocycles. The lowest BCUT2D eigenvalue weighted by Crippen LogP contribution is -2.29. The molecular formula is C22H29FN2O2. The summed E-state index contributed by atoms with van der Waals surface area (Å²) >= 11 is 0. The van der Waals surface area contributed by atoms with Gasteiger partial charge in [-0.25, -0.2) is 9.87 Å². The van der Waals surface area contributed by atoms with E-state index in [0.29, 0.717) is 24.0 Å². The molecule has 3 N–H and O–H groups in total. The number of nitrogens with one attached hydrogen (secondary N) is 2. The summed E-state index contributed by atoms with van der Waals surface area (Å²) in [5.74, 6) is -0.910. The van der Waals surface area contributed by atoms with Crippen LogP contribution in [0.2, 0.25) is 0 Å². The lowest BCUT2D eigenvalue weighted by atomic mass is 9.91. The number of hydrogen-bond acceptors (Lipinski definition) is 3. The Morgan fingerprint density at radius 1 is 1.07 bits per heavy atom. The Balaban J connectivity index is 1.80. The summed E-state index contributed by atoms with van der Waals surface area (Å²) in [6.07, 6.45) is 2.99. The lowest BCUT2D eigenvalue weighted by Gasteiger charge is -2.16. The van der Waals surface area contributed by atoms with E-state index in [1.54, 1.807) is 31.5 Å². The first-order valence-electron chi connectivity index (χ1n) is 9.45. The lowest BCUT2D eigenvalue weighted by molar-refractivity contribution is -0.133. The number of rotatable bonds is 10. The number of unbranched alkanes of at least 4 members (excludes halogenated alkanes) is 1. The monoisotopic (exact) mass is 372 g/mol. The van der Waals surface area contributed by atoms with Crippen molar-refractivity contribution in [3.05, 3.63) is 70.5 Å². The zero-order valence-corrected chi connectivity index (χ0v) is 16.1.